The molecule has 1 aliphatic heterocycles. The largest absolute Gasteiger partial charge is 0.459 e. The van der Waals surface area contributed by atoms with Gasteiger partial charge in [-0.15, -0.1) is 0 Å². The first kappa shape index (κ1) is 12.3. The normalized spacial score (nSPS) is 27.2. The summed E-state index contributed by atoms with van der Waals surface area (Å²) in [5.74, 6) is -0.755. The van der Waals surface area contributed by atoms with Crippen molar-refractivity contribution in [2.45, 2.75) is 37.6 Å². The van der Waals surface area contributed by atoms with Crippen LogP contribution in [0.25, 0.3) is 0 Å². The third-order valence-electron chi connectivity index (χ3n) is 2.90. The Kier molecular flexibility index (Phi) is 3.86. The van der Waals surface area contributed by atoms with Crippen molar-refractivity contribution in [1.82, 2.24) is 0 Å². The van der Waals surface area contributed by atoms with E-state index in [0.717, 1.165) is 25.7 Å². The van der Waals surface area contributed by atoms with E-state index in [1.54, 1.807) is 0 Å². The molecule has 16 heavy (non-hydrogen) atoms. The van der Waals surface area contributed by atoms with Crippen LogP contribution in [-0.2, 0) is 19.0 Å². The number of carbonyl (C=O) groups is 1. The van der Waals surface area contributed by atoms with Crippen molar-refractivity contribution in [3.8, 4) is 0 Å². The van der Waals surface area contributed by atoms with Crippen LogP contribution in [0, 0.1) is 0 Å². The average Bonchev–Trinajstić information content (AvgIpc) is 2.86. The third kappa shape index (κ3) is 2.75. The molecule has 4 nitrogen and oxygen atoms in total. The minimum atomic E-state index is -0.378. The highest BCUT2D eigenvalue weighted by atomic mass is 127. The zero-order chi connectivity index (χ0) is 11.6. The Morgan fingerprint density at radius 3 is 2.81 bits per heavy atom. The van der Waals surface area contributed by atoms with E-state index in [1.807, 2.05) is 22.6 Å². The molecule has 1 spiro atoms. The molecule has 90 valence electrons. The van der Waals surface area contributed by atoms with Crippen LogP contribution in [-0.4, -0.2) is 31.1 Å². The van der Waals surface area contributed by atoms with Crippen molar-refractivity contribution in [2.75, 3.05) is 13.2 Å². The van der Waals surface area contributed by atoms with Crippen LogP contribution in [0.3, 0.4) is 0 Å². The Labute approximate surface area is 108 Å². The molecule has 1 unspecified atom stereocenters. The van der Waals surface area contributed by atoms with Gasteiger partial charge < -0.3 is 14.2 Å². The molecule has 0 amide bonds. The second-order valence-corrected chi connectivity index (χ2v) is 5.47. The minimum Gasteiger partial charge on any atom is -0.459 e. The summed E-state index contributed by atoms with van der Waals surface area (Å²) in [6.07, 6.45) is 4.08. The summed E-state index contributed by atoms with van der Waals surface area (Å²) < 4.78 is 16.9. The molecule has 0 aromatic carbocycles. The van der Waals surface area contributed by atoms with Gasteiger partial charge in [-0.1, -0.05) is 6.58 Å². The molecule has 0 aromatic heterocycles. The Bertz CT molecular complexity index is 296. The predicted octanol–water partition coefficient (Wildman–Crippen LogP) is 2.16. The number of ether oxygens (including phenoxy) is 3. The van der Waals surface area contributed by atoms with Crippen molar-refractivity contribution in [3.05, 3.63) is 10.2 Å². The second-order valence-electron chi connectivity index (χ2n) is 4.17. The molecule has 5 heteroatoms. The highest BCUT2D eigenvalue weighted by Crippen LogP contribution is 2.39. The van der Waals surface area contributed by atoms with Gasteiger partial charge in [-0.3, -0.25) is 0 Å². The van der Waals surface area contributed by atoms with Gasteiger partial charge in [0, 0.05) is 12.8 Å². The zero-order valence-corrected chi connectivity index (χ0v) is 11.2. The van der Waals surface area contributed by atoms with Crippen LogP contribution in [0.5, 0.6) is 0 Å². The molecule has 1 atom stereocenters. The molecule has 0 bridgehead atoms. The van der Waals surface area contributed by atoms with Gasteiger partial charge in [0.2, 0.25) is 0 Å². The Balaban J connectivity index is 1.77. The van der Waals surface area contributed by atoms with Crippen molar-refractivity contribution >= 4 is 28.6 Å². The van der Waals surface area contributed by atoms with E-state index in [1.165, 1.54) is 0 Å². The predicted molar refractivity (Wildman–Crippen MR) is 66.1 cm³/mol. The summed E-state index contributed by atoms with van der Waals surface area (Å²) in [6, 6.07) is 0. The Morgan fingerprint density at radius 1 is 1.50 bits per heavy atom. The molecule has 0 N–H and O–H groups in total. The van der Waals surface area contributed by atoms with Crippen molar-refractivity contribution in [2.24, 2.45) is 0 Å². The molecule has 0 radical (unpaired) electrons. The standard InChI is InChI=1S/C11H15IO4/c1-8(12)10(13)14-6-9-7-15-11(16-9)4-2-3-5-11/h9H,1-7H2. The lowest BCUT2D eigenvalue weighted by atomic mass is 10.2. The van der Waals surface area contributed by atoms with Crippen LogP contribution in [0.1, 0.15) is 25.7 Å². The van der Waals surface area contributed by atoms with E-state index in [0.29, 0.717) is 10.2 Å². The van der Waals surface area contributed by atoms with Crippen molar-refractivity contribution < 1.29 is 19.0 Å². The molecule has 2 fully saturated rings. The molecule has 0 aromatic rings. The zero-order valence-electron chi connectivity index (χ0n) is 9.04. The van der Waals surface area contributed by atoms with E-state index in [9.17, 15) is 4.79 Å². The van der Waals surface area contributed by atoms with Crippen LogP contribution >= 0.6 is 22.6 Å². The lowest BCUT2D eigenvalue weighted by Gasteiger charge is -2.21. The summed E-state index contributed by atoms with van der Waals surface area (Å²) in [5, 5.41) is 0. The van der Waals surface area contributed by atoms with Gasteiger partial charge in [-0.2, -0.15) is 0 Å². The first-order valence-corrected chi connectivity index (χ1v) is 6.52. The number of rotatable bonds is 3. The van der Waals surface area contributed by atoms with Gasteiger partial charge >= 0.3 is 5.97 Å². The van der Waals surface area contributed by atoms with E-state index in [-0.39, 0.29) is 24.5 Å². The summed E-state index contributed by atoms with van der Waals surface area (Å²) in [4.78, 5) is 11.2. The number of halogens is 1. The maximum absolute atomic E-state index is 11.2. The lowest BCUT2D eigenvalue weighted by Crippen LogP contribution is -2.28. The van der Waals surface area contributed by atoms with Crippen molar-refractivity contribution in [3.63, 3.8) is 0 Å². The van der Waals surface area contributed by atoms with E-state index in [4.69, 9.17) is 14.2 Å². The van der Waals surface area contributed by atoms with Crippen LogP contribution in [0.4, 0.5) is 0 Å². The lowest BCUT2D eigenvalue weighted by molar-refractivity contribution is -0.170. The SMILES string of the molecule is C=C(I)C(=O)OCC1COC2(CCCC2)O1. The van der Waals surface area contributed by atoms with Crippen LogP contribution in [0.15, 0.2) is 10.2 Å². The Hall–Kier alpha value is -0.140. The van der Waals surface area contributed by atoms with Gasteiger partial charge in [-0.25, -0.2) is 4.79 Å². The molecular weight excluding hydrogens is 323 g/mol. The molecular formula is C11H15IO4. The fourth-order valence-corrected chi connectivity index (χ4v) is 2.28. The van der Waals surface area contributed by atoms with E-state index >= 15 is 0 Å². The number of carbonyl (C=O) groups excluding carboxylic acids is 1. The molecule has 1 aliphatic carbocycles. The quantitative estimate of drug-likeness (QED) is 0.449. The minimum absolute atomic E-state index is 0.127. The molecule has 1 heterocycles. The fraction of sp³-hybridized carbons (Fsp3) is 0.727. The average molecular weight is 338 g/mol. The first-order valence-electron chi connectivity index (χ1n) is 5.45. The van der Waals surface area contributed by atoms with E-state index in [2.05, 4.69) is 6.58 Å². The molecule has 1 saturated heterocycles. The molecule has 2 aliphatic rings. The topological polar surface area (TPSA) is 44.8 Å². The number of hydrogen-bond donors (Lipinski definition) is 0. The fourth-order valence-electron chi connectivity index (χ4n) is 2.12. The maximum atomic E-state index is 11.2. The van der Waals surface area contributed by atoms with Crippen molar-refractivity contribution in [1.29, 1.82) is 0 Å². The number of esters is 1. The van der Waals surface area contributed by atoms with Gasteiger partial charge in [0.05, 0.1) is 10.2 Å². The highest BCUT2D eigenvalue weighted by Gasteiger charge is 2.43. The molecule has 1 saturated carbocycles. The van der Waals surface area contributed by atoms with E-state index < -0.39 is 0 Å². The monoisotopic (exact) mass is 338 g/mol. The van der Waals surface area contributed by atoms with Gasteiger partial charge in [0.15, 0.2) is 5.79 Å². The maximum Gasteiger partial charge on any atom is 0.343 e. The van der Waals surface area contributed by atoms with Gasteiger partial charge in [-0.05, 0) is 35.4 Å². The Morgan fingerprint density at radius 2 is 2.19 bits per heavy atom. The van der Waals surface area contributed by atoms with Gasteiger partial charge in [0.1, 0.15) is 12.7 Å². The van der Waals surface area contributed by atoms with Crippen LogP contribution < -0.4 is 0 Å². The molecule has 2 rings (SSSR count). The summed E-state index contributed by atoms with van der Waals surface area (Å²) in [5.41, 5.74) is 0. The summed E-state index contributed by atoms with van der Waals surface area (Å²) in [6.45, 7) is 4.28. The highest BCUT2D eigenvalue weighted by molar-refractivity contribution is 14.1. The second kappa shape index (κ2) is 5.01. The third-order valence-corrected chi connectivity index (χ3v) is 3.34. The first-order chi connectivity index (χ1) is 7.61. The smallest absolute Gasteiger partial charge is 0.343 e. The summed E-state index contributed by atoms with van der Waals surface area (Å²) in [7, 11) is 0. The number of hydrogen-bond acceptors (Lipinski definition) is 4. The van der Waals surface area contributed by atoms with Crippen LogP contribution in [0.2, 0.25) is 0 Å². The summed E-state index contributed by atoms with van der Waals surface area (Å²) >= 11 is 1.85. The van der Waals surface area contributed by atoms with Gasteiger partial charge in [0.25, 0.3) is 0 Å².